The predicted molar refractivity (Wildman–Crippen MR) is 25.7 cm³/mol. The minimum Gasteiger partial charge on any atom is -0.412 e. The Balaban J connectivity index is 0. The summed E-state index contributed by atoms with van der Waals surface area (Å²) in [5.74, 6) is 0. The quantitative estimate of drug-likeness (QED) is 0.398. The van der Waals surface area contributed by atoms with Gasteiger partial charge in [-0.25, -0.2) is 0 Å². The van der Waals surface area contributed by atoms with E-state index >= 15 is 0 Å². The van der Waals surface area contributed by atoms with Crippen LogP contribution in [0.5, 0.6) is 0 Å². The summed E-state index contributed by atoms with van der Waals surface area (Å²) in [6.45, 7) is 3.03. The average Bonchev–Trinajstić information content (AvgIpc) is 1.35. The van der Waals surface area contributed by atoms with Crippen LogP contribution in [0, 0.1) is 0 Å². The van der Waals surface area contributed by atoms with E-state index in [0.717, 1.165) is 6.26 Å². The third kappa shape index (κ3) is 10.7. The standard InChI is InChI=1S/C2H4O3S.H2O/c1-2-5-6(3)4;/h2H,1H2,(H,3,4);1H2. The minimum atomic E-state index is -2.18. The molecule has 0 aliphatic rings. The van der Waals surface area contributed by atoms with Crippen LogP contribution < -0.4 is 0 Å². The van der Waals surface area contributed by atoms with Crippen molar-refractivity contribution in [1.82, 2.24) is 0 Å². The lowest BCUT2D eigenvalue weighted by atomic mass is 11.2. The second kappa shape index (κ2) is 5.61. The Kier molecular flexibility index (Phi) is 7.84. The lowest BCUT2D eigenvalue weighted by molar-refractivity contribution is 0.421. The fourth-order valence-electron chi connectivity index (χ4n) is 0.0582. The zero-order valence-corrected chi connectivity index (χ0v) is 4.27. The van der Waals surface area contributed by atoms with E-state index in [4.69, 9.17) is 4.55 Å². The van der Waals surface area contributed by atoms with E-state index in [2.05, 4.69) is 10.8 Å². The molecule has 4 nitrogen and oxygen atoms in total. The highest BCUT2D eigenvalue weighted by molar-refractivity contribution is 7.74. The molecule has 44 valence electrons. The van der Waals surface area contributed by atoms with Gasteiger partial charge in [0.05, 0.1) is 6.26 Å². The Hall–Kier alpha value is -0.390. The third-order valence-corrected chi connectivity index (χ3v) is 0.451. The van der Waals surface area contributed by atoms with Gasteiger partial charge in [0.25, 0.3) is 0 Å². The summed E-state index contributed by atoms with van der Waals surface area (Å²) in [5, 5.41) is 0. The largest absolute Gasteiger partial charge is 0.412 e. The van der Waals surface area contributed by atoms with Crippen molar-refractivity contribution in [2.24, 2.45) is 0 Å². The lowest BCUT2D eigenvalue weighted by Crippen LogP contribution is -1.83. The summed E-state index contributed by atoms with van der Waals surface area (Å²) in [5.41, 5.74) is 0. The summed E-state index contributed by atoms with van der Waals surface area (Å²) < 4.78 is 21.0. The van der Waals surface area contributed by atoms with Crippen LogP contribution >= 0.6 is 0 Å². The van der Waals surface area contributed by atoms with Crippen molar-refractivity contribution in [3.63, 3.8) is 0 Å². The van der Waals surface area contributed by atoms with Gasteiger partial charge in [-0.15, -0.1) is 0 Å². The first-order chi connectivity index (χ1) is 2.77. The third-order valence-electron chi connectivity index (χ3n) is 0.150. The maximum atomic E-state index is 9.42. The summed E-state index contributed by atoms with van der Waals surface area (Å²) in [7, 11) is 0. The van der Waals surface area contributed by atoms with Crippen molar-refractivity contribution in [3.8, 4) is 0 Å². The highest BCUT2D eigenvalue weighted by Crippen LogP contribution is 1.73. The van der Waals surface area contributed by atoms with E-state index in [1.165, 1.54) is 0 Å². The van der Waals surface area contributed by atoms with Crippen LogP contribution in [-0.2, 0) is 15.5 Å². The van der Waals surface area contributed by atoms with Gasteiger partial charge in [-0.3, -0.25) is 4.55 Å². The molecule has 1 atom stereocenters. The van der Waals surface area contributed by atoms with Crippen molar-refractivity contribution in [3.05, 3.63) is 12.8 Å². The van der Waals surface area contributed by atoms with E-state index < -0.39 is 11.4 Å². The van der Waals surface area contributed by atoms with E-state index in [1.807, 2.05) is 0 Å². The molecular formula is C2H6O4S. The molecule has 0 aliphatic heterocycles. The molecule has 0 spiro atoms. The monoisotopic (exact) mass is 126 g/mol. The molecule has 0 aromatic heterocycles. The van der Waals surface area contributed by atoms with E-state index in [1.54, 1.807) is 0 Å². The summed E-state index contributed by atoms with van der Waals surface area (Å²) in [6, 6.07) is 0. The van der Waals surface area contributed by atoms with Crippen LogP contribution in [0.2, 0.25) is 0 Å². The molecule has 0 amide bonds. The van der Waals surface area contributed by atoms with E-state index in [0.29, 0.717) is 0 Å². The first-order valence-corrected chi connectivity index (χ1v) is 2.19. The second-order valence-corrected chi connectivity index (χ2v) is 1.11. The fourth-order valence-corrected chi connectivity index (χ4v) is 0.175. The molecular weight excluding hydrogens is 120 g/mol. The van der Waals surface area contributed by atoms with Gasteiger partial charge in [0, 0.05) is 0 Å². The normalized spacial score (nSPS) is 11.0. The van der Waals surface area contributed by atoms with Crippen LogP contribution in [0.1, 0.15) is 0 Å². The zero-order valence-electron chi connectivity index (χ0n) is 3.46. The minimum absolute atomic E-state index is 0. The van der Waals surface area contributed by atoms with Crippen LogP contribution in [0.4, 0.5) is 0 Å². The van der Waals surface area contributed by atoms with Crippen molar-refractivity contribution < 1.29 is 18.4 Å². The van der Waals surface area contributed by atoms with Crippen LogP contribution in [-0.4, -0.2) is 14.2 Å². The van der Waals surface area contributed by atoms with Gasteiger partial charge >= 0.3 is 11.4 Å². The summed E-state index contributed by atoms with van der Waals surface area (Å²) in [6.07, 6.45) is 0.899. The number of hydrogen-bond acceptors (Lipinski definition) is 2. The molecule has 0 saturated heterocycles. The van der Waals surface area contributed by atoms with Crippen molar-refractivity contribution in [1.29, 1.82) is 0 Å². The van der Waals surface area contributed by atoms with Crippen molar-refractivity contribution >= 4 is 11.4 Å². The van der Waals surface area contributed by atoms with Crippen LogP contribution in [0.25, 0.3) is 0 Å². The SMILES string of the molecule is C=COS(=O)O.O. The molecule has 1 unspecified atom stereocenters. The summed E-state index contributed by atoms with van der Waals surface area (Å²) >= 11 is -2.18. The van der Waals surface area contributed by atoms with Gasteiger partial charge in [-0.2, -0.15) is 4.21 Å². The molecule has 0 aromatic rings. The van der Waals surface area contributed by atoms with E-state index in [9.17, 15) is 4.21 Å². The number of rotatable bonds is 2. The van der Waals surface area contributed by atoms with Gasteiger partial charge in [-0.1, -0.05) is 6.58 Å². The highest BCUT2D eigenvalue weighted by atomic mass is 32.2. The predicted octanol–water partition coefficient (Wildman–Crippen LogP) is -0.542. The first kappa shape index (κ1) is 9.79. The van der Waals surface area contributed by atoms with Crippen molar-refractivity contribution in [2.75, 3.05) is 0 Å². The molecule has 7 heavy (non-hydrogen) atoms. The Bertz CT molecular complexity index is 70.1. The van der Waals surface area contributed by atoms with Gasteiger partial charge in [0.15, 0.2) is 0 Å². The number of hydrogen-bond donors (Lipinski definition) is 1. The van der Waals surface area contributed by atoms with Gasteiger partial charge in [-0.05, 0) is 0 Å². The molecule has 0 rings (SSSR count). The highest BCUT2D eigenvalue weighted by Gasteiger charge is 1.78. The lowest BCUT2D eigenvalue weighted by Gasteiger charge is -1.82. The topological polar surface area (TPSA) is 78.0 Å². The Morgan fingerprint density at radius 2 is 2.29 bits per heavy atom. The molecule has 0 fully saturated rings. The smallest absolute Gasteiger partial charge is 0.356 e. The zero-order chi connectivity index (χ0) is 4.99. The van der Waals surface area contributed by atoms with Gasteiger partial charge < -0.3 is 9.66 Å². The second-order valence-electron chi connectivity index (χ2n) is 0.480. The molecule has 0 bridgehead atoms. The first-order valence-electron chi connectivity index (χ1n) is 1.16. The Morgan fingerprint density at radius 1 is 1.86 bits per heavy atom. The molecule has 0 aliphatic carbocycles. The molecule has 0 radical (unpaired) electrons. The van der Waals surface area contributed by atoms with Crippen LogP contribution in [0.3, 0.4) is 0 Å². The molecule has 5 heteroatoms. The maximum Gasteiger partial charge on any atom is 0.356 e. The van der Waals surface area contributed by atoms with Crippen molar-refractivity contribution in [2.45, 2.75) is 0 Å². The van der Waals surface area contributed by atoms with Crippen LogP contribution in [0.15, 0.2) is 12.8 Å². The Morgan fingerprint density at radius 3 is 2.29 bits per heavy atom. The molecule has 3 N–H and O–H groups in total. The average molecular weight is 126 g/mol. The maximum absolute atomic E-state index is 9.42. The Labute approximate surface area is 43.6 Å². The molecule has 0 aromatic carbocycles. The van der Waals surface area contributed by atoms with Gasteiger partial charge in [0.1, 0.15) is 0 Å². The molecule has 0 saturated carbocycles. The molecule has 0 heterocycles. The van der Waals surface area contributed by atoms with E-state index in [-0.39, 0.29) is 5.48 Å². The van der Waals surface area contributed by atoms with Gasteiger partial charge in [0.2, 0.25) is 0 Å². The summed E-state index contributed by atoms with van der Waals surface area (Å²) in [4.78, 5) is 0. The fraction of sp³-hybridized carbons (Fsp3) is 0.